The molecule has 0 aliphatic rings. The second-order valence-corrected chi connectivity index (χ2v) is 3.01. The topological polar surface area (TPSA) is 35.3 Å². The van der Waals surface area contributed by atoms with Crippen molar-refractivity contribution < 1.29 is 9.26 Å². The first-order chi connectivity index (χ1) is 7.40. The predicted octanol–water partition coefficient (Wildman–Crippen LogP) is 2.85. The highest BCUT2D eigenvalue weighted by Gasteiger charge is 2.02. The number of methoxy groups -OCH3 is 1. The van der Waals surface area contributed by atoms with Crippen LogP contribution >= 0.6 is 0 Å². The van der Waals surface area contributed by atoms with Crippen LogP contribution in [-0.4, -0.2) is 12.3 Å². The molecule has 1 aromatic heterocycles. The summed E-state index contributed by atoms with van der Waals surface area (Å²) < 4.78 is 9.86. The molecule has 0 amide bonds. The van der Waals surface area contributed by atoms with Crippen LogP contribution in [0.3, 0.4) is 0 Å². The molecular weight excluding hydrogens is 190 g/mol. The third kappa shape index (κ3) is 2.26. The first-order valence-corrected chi connectivity index (χ1v) is 4.61. The smallest absolute Gasteiger partial charge is 0.185 e. The molecule has 1 heterocycles. The Morgan fingerprint density at radius 2 is 2.00 bits per heavy atom. The van der Waals surface area contributed by atoms with Gasteiger partial charge in [-0.05, 0) is 11.6 Å². The molecule has 0 fully saturated rings. The second kappa shape index (κ2) is 4.46. The molecule has 2 rings (SSSR count). The molecule has 3 heteroatoms. The van der Waals surface area contributed by atoms with Crippen molar-refractivity contribution >= 4 is 12.2 Å². The maximum atomic E-state index is 5.07. The molecule has 1 aromatic carbocycles. The summed E-state index contributed by atoms with van der Waals surface area (Å²) in [6.07, 6.45) is 5.29. The Hall–Kier alpha value is -2.03. The molecule has 0 unspecified atom stereocenters. The molecule has 0 saturated heterocycles. The highest BCUT2D eigenvalue weighted by atomic mass is 16.5. The van der Waals surface area contributed by atoms with Crippen LogP contribution in [0.2, 0.25) is 0 Å². The molecule has 0 spiro atoms. The quantitative estimate of drug-likeness (QED) is 0.765. The fourth-order valence-corrected chi connectivity index (χ4v) is 1.24. The van der Waals surface area contributed by atoms with Crippen molar-refractivity contribution in [2.45, 2.75) is 0 Å². The van der Waals surface area contributed by atoms with Crippen LogP contribution in [0.1, 0.15) is 11.3 Å². The van der Waals surface area contributed by atoms with Crippen LogP contribution in [0, 0.1) is 0 Å². The highest BCUT2D eigenvalue weighted by Crippen LogP contribution is 2.18. The summed E-state index contributed by atoms with van der Waals surface area (Å²) in [5.74, 6) is 0.641. The van der Waals surface area contributed by atoms with E-state index in [4.69, 9.17) is 9.26 Å². The zero-order chi connectivity index (χ0) is 10.5. The number of hydrogen-bond donors (Lipinski definition) is 0. The van der Waals surface area contributed by atoms with Gasteiger partial charge < -0.3 is 9.26 Å². The number of aromatic nitrogens is 1. The van der Waals surface area contributed by atoms with Gasteiger partial charge in [0.1, 0.15) is 5.69 Å². The van der Waals surface area contributed by atoms with Crippen LogP contribution in [0.15, 0.2) is 41.1 Å². The van der Waals surface area contributed by atoms with Gasteiger partial charge in [-0.15, -0.1) is 0 Å². The van der Waals surface area contributed by atoms with Gasteiger partial charge in [-0.3, -0.25) is 0 Å². The Morgan fingerprint density at radius 3 is 2.73 bits per heavy atom. The van der Waals surface area contributed by atoms with Crippen molar-refractivity contribution in [3.05, 3.63) is 47.9 Å². The minimum Gasteiger partial charge on any atom is -0.491 e. The van der Waals surface area contributed by atoms with E-state index in [0.29, 0.717) is 11.4 Å². The summed E-state index contributed by atoms with van der Waals surface area (Å²) in [5, 5.41) is 3.82. The Balaban J connectivity index is 2.19. The van der Waals surface area contributed by atoms with E-state index in [-0.39, 0.29) is 0 Å². The zero-order valence-electron chi connectivity index (χ0n) is 8.38. The van der Waals surface area contributed by atoms with E-state index >= 15 is 0 Å². The molecule has 0 aliphatic heterocycles. The van der Waals surface area contributed by atoms with Crippen molar-refractivity contribution in [3.63, 3.8) is 0 Å². The van der Waals surface area contributed by atoms with E-state index in [2.05, 4.69) is 5.16 Å². The van der Waals surface area contributed by atoms with Gasteiger partial charge in [0.2, 0.25) is 0 Å². The summed E-state index contributed by atoms with van der Waals surface area (Å²) >= 11 is 0. The van der Waals surface area contributed by atoms with Gasteiger partial charge in [-0.1, -0.05) is 41.6 Å². The fraction of sp³-hybridized carbons (Fsp3) is 0.0833. The van der Waals surface area contributed by atoms with Gasteiger partial charge in [0, 0.05) is 0 Å². The van der Waals surface area contributed by atoms with Crippen molar-refractivity contribution in [1.29, 1.82) is 0 Å². The molecule has 3 nitrogen and oxygen atoms in total. The summed E-state index contributed by atoms with van der Waals surface area (Å²) in [6, 6.07) is 9.99. The minimum absolute atomic E-state index is 0.641. The minimum atomic E-state index is 0.641. The number of ether oxygens (including phenoxy) is 1. The van der Waals surface area contributed by atoms with Gasteiger partial charge in [-0.25, -0.2) is 0 Å². The highest BCUT2D eigenvalue weighted by molar-refractivity contribution is 5.70. The van der Waals surface area contributed by atoms with Crippen LogP contribution in [0.25, 0.3) is 12.2 Å². The molecule has 15 heavy (non-hydrogen) atoms. The van der Waals surface area contributed by atoms with E-state index in [1.54, 1.807) is 7.11 Å². The second-order valence-electron chi connectivity index (χ2n) is 3.01. The molecule has 0 radical (unpaired) electrons. The molecule has 0 N–H and O–H groups in total. The van der Waals surface area contributed by atoms with Crippen LogP contribution in [0.4, 0.5) is 0 Å². The Labute approximate surface area is 88.0 Å². The number of nitrogens with zero attached hydrogens (tertiary/aromatic N) is 1. The van der Waals surface area contributed by atoms with E-state index in [9.17, 15) is 0 Å². The maximum absolute atomic E-state index is 5.07. The third-order valence-corrected chi connectivity index (χ3v) is 2.02. The van der Waals surface area contributed by atoms with Gasteiger partial charge in [-0.2, -0.15) is 0 Å². The number of benzene rings is 1. The molecular formula is C12H11NO2. The lowest BCUT2D eigenvalue weighted by Crippen LogP contribution is -1.82. The predicted molar refractivity (Wildman–Crippen MR) is 58.4 cm³/mol. The largest absolute Gasteiger partial charge is 0.491 e. The van der Waals surface area contributed by atoms with Crippen molar-refractivity contribution in [3.8, 4) is 5.75 Å². The summed E-state index contributed by atoms with van der Waals surface area (Å²) in [5.41, 5.74) is 1.81. The molecule has 76 valence electrons. The van der Waals surface area contributed by atoms with Gasteiger partial charge in [0.05, 0.1) is 7.11 Å². The lowest BCUT2D eigenvalue weighted by atomic mass is 10.2. The first kappa shape index (κ1) is 9.52. The van der Waals surface area contributed by atoms with Crippen molar-refractivity contribution in [2.24, 2.45) is 0 Å². The molecule has 2 aromatic rings. The molecule has 0 saturated carbocycles. The van der Waals surface area contributed by atoms with Crippen molar-refractivity contribution in [1.82, 2.24) is 5.16 Å². The summed E-state index contributed by atoms with van der Waals surface area (Å²) in [7, 11) is 1.59. The monoisotopic (exact) mass is 201 g/mol. The van der Waals surface area contributed by atoms with Crippen LogP contribution in [0.5, 0.6) is 5.75 Å². The van der Waals surface area contributed by atoms with Crippen LogP contribution < -0.4 is 4.74 Å². The normalized spacial score (nSPS) is 10.7. The van der Waals surface area contributed by atoms with Gasteiger partial charge in [0.25, 0.3) is 0 Å². The third-order valence-electron chi connectivity index (χ3n) is 2.02. The summed E-state index contributed by atoms with van der Waals surface area (Å²) in [4.78, 5) is 0. The SMILES string of the molecule is COc1conc1C=Cc1ccccc1. The number of hydrogen-bond acceptors (Lipinski definition) is 3. The molecule has 0 aliphatic carbocycles. The van der Waals surface area contributed by atoms with Gasteiger partial charge in [0.15, 0.2) is 12.0 Å². The molecule has 0 bridgehead atoms. The standard InChI is InChI=1S/C12H11NO2/c1-14-12-9-15-13-11(12)8-7-10-5-3-2-4-6-10/h2-9H,1H3. The van der Waals surface area contributed by atoms with Crippen molar-refractivity contribution in [2.75, 3.05) is 7.11 Å². The lowest BCUT2D eigenvalue weighted by molar-refractivity contribution is 0.390. The fourth-order valence-electron chi connectivity index (χ4n) is 1.24. The maximum Gasteiger partial charge on any atom is 0.185 e. The average molecular weight is 201 g/mol. The van der Waals surface area contributed by atoms with E-state index in [1.165, 1.54) is 6.26 Å². The first-order valence-electron chi connectivity index (χ1n) is 4.61. The van der Waals surface area contributed by atoms with E-state index < -0.39 is 0 Å². The molecule has 0 atom stereocenters. The summed E-state index contributed by atoms with van der Waals surface area (Å²) in [6.45, 7) is 0. The average Bonchev–Trinajstić information content (AvgIpc) is 2.75. The van der Waals surface area contributed by atoms with Crippen LogP contribution in [-0.2, 0) is 0 Å². The van der Waals surface area contributed by atoms with E-state index in [0.717, 1.165) is 5.56 Å². The van der Waals surface area contributed by atoms with Gasteiger partial charge >= 0.3 is 0 Å². The van der Waals surface area contributed by atoms with E-state index in [1.807, 2.05) is 42.5 Å². The lowest BCUT2D eigenvalue weighted by Gasteiger charge is -1.93. The zero-order valence-corrected chi connectivity index (χ0v) is 8.38. The Kier molecular flexibility index (Phi) is 2.83. The Bertz CT molecular complexity index is 446. The number of rotatable bonds is 3. The Morgan fingerprint density at radius 1 is 1.20 bits per heavy atom.